The zero-order valence-corrected chi connectivity index (χ0v) is 13.4. The van der Waals surface area contributed by atoms with Gasteiger partial charge in [-0.05, 0) is 12.8 Å². The molecule has 0 saturated heterocycles. The number of alkyl halides is 18. The fourth-order valence-corrected chi connectivity index (χ4v) is 2.18. The maximum absolute atomic E-state index is 12.6. The quantitative estimate of drug-likeness (QED) is 0.279. The molecule has 0 fully saturated rings. The molecule has 180 valence electrons. The van der Waals surface area contributed by atoms with Crippen molar-refractivity contribution in [1.82, 2.24) is 0 Å². The van der Waals surface area contributed by atoms with Gasteiger partial charge in [0.15, 0.2) is 0 Å². The molecule has 0 aromatic heterocycles. The second kappa shape index (κ2) is 7.56. The summed E-state index contributed by atoms with van der Waals surface area (Å²) in [6.07, 6.45) is -52.2. The number of hydrogen-bond acceptors (Lipinski definition) is 0. The van der Waals surface area contributed by atoms with Crippen LogP contribution in [0.2, 0.25) is 0 Å². The number of hydrogen-bond donors (Lipinski definition) is 0. The Morgan fingerprint density at radius 3 is 0.533 bits per heavy atom. The van der Waals surface area contributed by atoms with Crippen LogP contribution in [0.25, 0.3) is 0 Å². The molecule has 0 unspecified atom stereocenters. The summed E-state index contributed by atoms with van der Waals surface area (Å²) in [6.45, 7) is 0. The van der Waals surface area contributed by atoms with E-state index >= 15 is 0 Å². The van der Waals surface area contributed by atoms with Gasteiger partial charge in [0.25, 0.3) is 10.8 Å². The first-order chi connectivity index (χ1) is 12.7. The van der Waals surface area contributed by atoms with Gasteiger partial charge in [0.05, 0.1) is 0 Å². The molecule has 0 heterocycles. The number of halogens is 18. The third-order valence-corrected chi connectivity index (χ3v) is 3.92. The summed E-state index contributed by atoms with van der Waals surface area (Å²) >= 11 is 0. The van der Waals surface area contributed by atoms with E-state index in [9.17, 15) is 79.0 Å². The van der Waals surface area contributed by atoms with Crippen LogP contribution < -0.4 is 0 Å². The molecule has 0 aliphatic heterocycles. The molecule has 0 aliphatic rings. The monoisotopic (exact) mass is 492 g/mol. The molecule has 30 heavy (non-hydrogen) atoms. The molecule has 0 aromatic rings. The Labute approximate surface area is 153 Å². The Kier molecular flexibility index (Phi) is 7.18. The van der Waals surface area contributed by atoms with Crippen LogP contribution in [-0.4, -0.2) is 37.1 Å². The molecular weight excluding hydrogens is 486 g/mol. The van der Waals surface area contributed by atoms with Gasteiger partial charge in [0.1, 0.15) is 0 Å². The third kappa shape index (κ3) is 4.55. The largest absolute Gasteiger partial charge is 0.412 e. The molecule has 0 bridgehead atoms. The molecule has 18 heteroatoms. The first-order valence-corrected chi connectivity index (χ1v) is 6.76. The van der Waals surface area contributed by atoms with E-state index in [4.69, 9.17) is 0 Å². The van der Waals surface area contributed by atoms with Gasteiger partial charge >= 0.3 is 37.1 Å². The van der Waals surface area contributed by atoms with Gasteiger partial charge in [-0.1, -0.05) is 12.2 Å². The Balaban J connectivity index is 6.43. The van der Waals surface area contributed by atoms with Crippen LogP contribution in [-0.2, 0) is 0 Å². The molecule has 0 aliphatic carbocycles. The third-order valence-electron chi connectivity index (χ3n) is 3.92. The predicted molar refractivity (Wildman–Crippen MR) is 59.6 cm³/mol. The average molecular weight is 492 g/mol. The summed E-state index contributed by atoms with van der Waals surface area (Å²) in [5.41, 5.74) is -13.3. The lowest BCUT2D eigenvalue weighted by Crippen LogP contribution is -2.59. The summed E-state index contributed by atoms with van der Waals surface area (Å²) in [5.74, 6) is 0. The fraction of sp³-hybridized carbons (Fsp3) is 0.833. The molecule has 0 nitrogen and oxygen atoms in total. The minimum absolute atomic E-state index is 1.12. The van der Waals surface area contributed by atoms with Crippen molar-refractivity contribution in [2.24, 2.45) is 10.8 Å². The standard InChI is InChI=1S/C12H6F18/c13-7(14,15)5(8(16,17)18,9(19,20)21)3-1-2-4-6(10(22,23)24,11(25,26)27)12(28,29)30/h1-2H,3-4H2. The minimum atomic E-state index is -7.21. The highest BCUT2D eigenvalue weighted by atomic mass is 19.4. The van der Waals surface area contributed by atoms with Crippen LogP contribution in [0.3, 0.4) is 0 Å². The van der Waals surface area contributed by atoms with Gasteiger partial charge in [-0.25, -0.2) is 0 Å². The van der Waals surface area contributed by atoms with E-state index in [0.29, 0.717) is 0 Å². The second-order valence-electron chi connectivity index (χ2n) is 5.68. The minimum Gasteiger partial charge on any atom is -0.170 e. The van der Waals surface area contributed by atoms with E-state index in [1.54, 1.807) is 0 Å². The molecule has 0 spiro atoms. The lowest BCUT2D eigenvalue weighted by molar-refractivity contribution is -0.428. The summed E-state index contributed by atoms with van der Waals surface area (Å²) < 4.78 is 226. The number of allylic oxidation sites excluding steroid dienone is 2. The molecular formula is C12H6F18. The maximum Gasteiger partial charge on any atom is 0.412 e. The first kappa shape index (κ1) is 28.5. The smallest absolute Gasteiger partial charge is 0.170 e. The van der Waals surface area contributed by atoms with E-state index in [-0.39, 0.29) is 0 Å². The van der Waals surface area contributed by atoms with Crippen molar-refractivity contribution < 1.29 is 79.0 Å². The molecule has 0 aromatic carbocycles. The Morgan fingerprint density at radius 1 is 0.300 bits per heavy atom. The Bertz CT molecular complexity index is 474. The lowest BCUT2D eigenvalue weighted by atomic mass is 9.79. The van der Waals surface area contributed by atoms with Crippen molar-refractivity contribution in [1.29, 1.82) is 0 Å². The van der Waals surface area contributed by atoms with E-state index in [0.717, 1.165) is 0 Å². The molecule has 0 radical (unpaired) electrons. The molecule has 0 amide bonds. The maximum atomic E-state index is 12.6. The Hall–Kier alpha value is -1.52. The van der Waals surface area contributed by atoms with Crippen LogP contribution in [0.1, 0.15) is 12.8 Å². The molecule has 0 N–H and O–H groups in total. The SMILES string of the molecule is FC(F)(F)C(CC=CCC(C(F)(F)F)(C(F)(F)F)C(F)(F)F)(C(F)(F)F)C(F)(F)F. The highest BCUT2D eigenvalue weighted by molar-refractivity contribution is 5.08. The van der Waals surface area contributed by atoms with Crippen molar-refractivity contribution >= 4 is 0 Å². The van der Waals surface area contributed by atoms with E-state index in [2.05, 4.69) is 0 Å². The van der Waals surface area contributed by atoms with Crippen molar-refractivity contribution in [2.75, 3.05) is 0 Å². The van der Waals surface area contributed by atoms with Crippen LogP contribution in [0.4, 0.5) is 79.0 Å². The van der Waals surface area contributed by atoms with E-state index in [1.165, 1.54) is 0 Å². The van der Waals surface area contributed by atoms with Gasteiger partial charge < -0.3 is 0 Å². The zero-order valence-electron chi connectivity index (χ0n) is 13.4. The number of rotatable bonds is 4. The van der Waals surface area contributed by atoms with Crippen LogP contribution >= 0.6 is 0 Å². The van der Waals surface area contributed by atoms with Crippen LogP contribution in [0.15, 0.2) is 12.2 Å². The van der Waals surface area contributed by atoms with Crippen molar-refractivity contribution in [3.63, 3.8) is 0 Å². The van der Waals surface area contributed by atoms with Crippen molar-refractivity contribution in [3.05, 3.63) is 12.2 Å². The van der Waals surface area contributed by atoms with Gasteiger partial charge in [0, 0.05) is 0 Å². The van der Waals surface area contributed by atoms with Gasteiger partial charge in [-0.2, -0.15) is 79.0 Å². The molecule has 0 atom stereocenters. The topological polar surface area (TPSA) is 0 Å². The highest BCUT2D eigenvalue weighted by Crippen LogP contribution is 2.63. The van der Waals surface area contributed by atoms with E-state index in [1.807, 2.05) is 0 Å². The zero-order chi connectivity index (χ0) is 24.8. The second-order valence-corrected chi connectivity index (χ2v) is 5.68. The van der Waals surface area contributed by atoms with E-state index < -0.39 is 72.9 Å². The average Bonchev–Trinajstić information content (AvgIpc) is 2.32. The summed E-state index contributed by atoms with van der Waals surface area (Å²) in [6, 6.07) is 0. The van der Waals surface area contributed by atoms with Gasteiger partial charge in [0.2, 0.25) is 0 Å². The predicted octanol–water partition coefficient (Wildman–Crippen LogP) is 7.67. The van der Waals surface area contributed by atoms with Gasteiger partial charge in [-0.3, -0.25) is 0 Å². The van der Waals surface area contributed by atoms with Crippen LogP contribution in [0, 0.1) is 10.8 Å². The summed E-state index contributed by atoms with van der Waals surface area (Å²) in [7, 11) is 0. The summed E-state index contributed by atoms with van der Waals surface area (Å²) in [5, 5.41) is 0. The van der Waals surface area contributed by atoms with Gasteiger partial charge in [-0.15, -0.1) is 0 Å². The Morgan fingerprint density at radius 2 is 0.433 bits per heavy atom. The van der Waals surface area contributed by atoms with Crippen molar-refractivity contribution in [2.45, 2.75) is 49.9 Å². The molecule has 0 saturated carbocycles. The van der Waals surface area contributed by atoms with Crippen LogP contribution in [0.5, 0.6) is 0 Å². The lowest BCUT2D eigenvalue weighted by Gasteiger charge is -2.39. The summed E-state index contributed by atoms with van der Waals surface area (Å²) in [4.78, 5) is 0. The normalized spacial score (nSPS) is 16.5. The fourth-order valence-electron chi connectivity index (χ4n) is 2.18. The highest BCUT2D eigenvalue weighted by Gasteiger charge is 2.84. The molecule has 0 rings (SSSR count). The first-order valence-electron chi connectivity index (χ1n) is 6.76. The van der Waals surface area contributed by atoms with Crippen molar-refractivity contribution in [3.8, 4) is 0 Å².